The molecule has 2 aliphatic rings. The summed E-state index contributed by atoms with van der Waals surface area (Å²) in [6.07, 6.45) is 7.92. The van der Waals surface area contributed by atoms with Gasteiger partial charge in [-0.25, -0.2) is 4.39 Å². The first-order valence-corrected chi connectivity index (χ1v) is 9.67. The predicted molar refractivity (Wildman–Crippen MR) is 102 cm³/mol. The van der Waals surface area contributed by atoms with Gasteiger partial charge in [-0.1, -0.05) is 53.8 Å². The van der Waals surface area contributed by atoms with Crippen LogP contribution >= 0.6 is 11.3 Å². The third kappa shape index (κ3) is 3.88. The molecule has 0 saturated heterocycles. The SMILES string of the molecule is O=Cc1ccc(-c2nnc(N(CC3CC3)C(=O)C3C=CC=CC3F)s2)cc1. The summed E-state index contributed by atoms with van der Waals surface area (Å²) < 4.78 is 14.2. The molecule has 138 valence electrons. The molecular formula is C20H18FN3O2S. The van der Waals surface area contributed by atoms with E-state index in [9.17, 15) is 14.0 Å². The third-order valence-electron chi connectivity index (χ3n) is 4.70. The summed E-state index contributed by atoms with van der Waals surface area (Å²) in [7, 11) is 0. The van der Waals surface area contributed by atoms with Gasteiger partial charge < -0.3 is 0 Å². The third-order valence-corrected chi connectivity index (χ3v) is 5.69. The van der Waals surface area contributed by atoms with Gasteiger partial charge >= 0.3 is 0 Å². The number of anilines is 1. The second-order valence-corrected chi connectivity index (χ2v) is 7.72. The molecule has 1 saturated carbocycles. The minimum atomic E-state index is -1.33. The van der Waals surface area contributed by atoms with Gasteiger partial charge in [0.1, 0.15) is 17.5 Å². The highest BCUT2D eigenvalue weighted by Crippen LogP contribution is 2.35. The number of nitrogens with zero attached hydrogens (tertiary/aromatic N) is 3. The molecule has 27 heavy (non-hydrogen) atoms. The zero-order valence-corrected chi connectivity index (χ0v) is 15.3. The number of carbonyl (C=O) groups is 2. The van der Waals surface area contributed by atoms with E-state index in [1.807, 2.05) is 0 Å². The summed E-state index contributed by atoms with van der Waals surface area (Å²) >= 11 is 1.30. The van der Waals surface area contributed by atoms with Crippen molar-refractivity contribution >= 4 is 28.7 Å². The lowest BCUT2D eigenvalue weighted by Gasteiger charge is -2.25. The molecule has 2 aromatic rings. The molecule has 1 amide bonds. The smallest absolute Gasteiger partial charge is 0.239 e. The summed E-state index contributed by atoms with van der Waals surface area (Å²) in [6, 6.07) is 7.02. The van der Waals surface area contributed by atoms with Crippen LogP contribution in [0.1, 0.15) is 23.2 Å². The van der Waals surface area contributed by atoms with E-state index in [0.29, 0.717) is 28.2 Å². The van der Waals surface area contributed by atoms with Crippen molar-refractivity contribution in [2.45, 2.75) is 19.0 Å². The zero-order chi connectivity index (χ0) is 18.8. The Balaban J connectivity index is 1.59. The molecule has 0 spiro atoms. The fourth-order valence-electron chi connectivity index (χ4n) is 2.94. The van der Waals surface area contributed by atoms with E-state index < -0.39 is 12.1 Å². The Hall–Kier alpha value is -2.67. The van der Waals surface area contributed by atoms with E-state index in [2.05, 4.69) is 10.2 Å². The number of carbonyl (C=O) groups excluding carboxylic acids is 2. The predicted octanol–water partition coefficient (Wildman–Crippen LogP) is 3.84. The Morgan fingerprint density at radius 2 is 1.93 bits per heavy atom. The van der Waals surface area contributed by atoms with Crippen molar-refractivity contribution in [1.29, 1.82) is 0 Å². The molecule has 0 radical (unpaired) electrons. The van der Waals surface area contributed by atoms with Crippen molar-refractivity contribution in [3.63, 3.8) is 0 Å². The first kappa shape index (κ1) is 17.7. The maximum atomic E-state index is 14.2. The number of aldehydes is 1. The van der Waals surface area contributed by atoms with Crippen molar-refractivity contribution < 1.29 is 14.0 Å². The van der Waals surface area contributed by atoms with Crippen molar-refractivity contribution in [2.24, 2.45) is 11.8 Å². The van der Waals surface area contributed by atoms with E-state index in [0.717, 1.165) is 24.7 Å². The van der Waals surface area contributed by atoms with E-state index in [1.165, 1.54) is 17.4 Å². The van der Waals surface area contributed by atoms with Gasteiger partial charge in [-0.2, -0.15) is 0 Å². The molecule has 4 rings (SSSR count). The quantitative estimate of drug-likeness (QED) is 0.711. The second kappa shape index (κ2) is 7.52. The molecule has 7 heteroatoms. The minimum absolute atomic E-state index is 0.283. The summed E-state index contributed by atoms with van der Waals surface area (Å²) in [5.74, 6) is -0.670. The number of amides is 1. The van der Waals surface area contributed by atoms with Crippen LogP contribution in [-0.4, -0.2) is 35.1 Å². The molecule has 2 aliphatic carbocycles. The van der Waals surface area contributed by atoms with Crippen LogP contribution < -0.4 is 4.90 Å². The highest BCUT2D eigenvalue weighted by Gasteiger charge is 2.35. The van der Waals surface area contributed by atoms with E-state index >= 15 is 0 Å². The van der Waals surface area contributed by atoms with Crippen molar-refractivity contribution in [3.8, 4) is 10.6 Å². The minimum Gasteiger partial charge on any atom is -0.298 e. The van der Waals surface area contributed by atoms with Crippen LogP contribution in [0.5, 0.6) is 0 Å². The average molecular weight is 383 g/mol. The summed E-state index contributed by atoms with van der Waals surface area (Å²) in [4.78, 5) is 25.4. The number of hydrogen-bond acceptors (Lipinski definition) is 5. The summed E-state index contributed by atoms with van der Waals surface area (Å²) in [6.45, 7) is 0.540. The molecule has 2 unspecified atom stereocenters. The maximum absolute atomic E-state index is 14.2. The lowest BCUT2D eigenvalue weighted by Crippen LogP contribution is -2.40. The van der Waals surface area contributed by atoms with E-state index in [4.69, 9.17) is 0 Å². The largest absolute Gasteiger partial charge is 0.298 e. The Morgan fingerprint density at radius 1 is 1.19 bits per heavy atom. The van der Waals surface area contributed by atoms with Crippen LogP contribution in [0.25, 0.3) is 10.6 Å². The number of alkyl halides is 1. The van der Waals surface area contributed by atoms with Crippen LogP contribution in [0.15, 0.2) is 48.6 Å². The zero-order valence-electron chi connectivity index (χ0n) is 14.5. The van der Waals surface area contributed by atoms with Gasteiger partial charge in [0.05, 0.1) is 5.92 Å². The fourth-order valence-corrected chi connectivity index (χ4v) is 3.81. The number of benzene rings is 1. The van der Waals surface area contributed by atoms with Crippen LogP contribution in [0.2, 0.25) is 0 Å². The average Bonchev–Trinajstić information content (AvgIpc) is 3.40. The summed E-state index contributed by atoms with van der Waals surface area (Å²) in [5, 5.41) is 9.54. The van der Waals surface area contributed by atoms with Gasteiger partial charge in [-0.3, -0.25) is 14.5 Å². The van der Waals surface area contributed by atoms with Crippen LogP contribution in [0, 0.1) is 11.8 Å². The molecule has 0 bridgehead atoms. The first-order valence-electron chi connectivity index (χ1n) is 8.85. The van der Waals surface area contributed by atoms with Gasteiger partial charge in [0.25, 0.3) is 0 Å². The van der Waals surface area contributed by atoms with Crippen molar-refractivity contribution in [3.05, 3.63) is 54.1 Å². The van der Waals surface area contributed by atoms with Crippen LogP contribution in [0.4, 0.5) is 9.52 Å². The van der Waals surface area contributed by atoms with Gasteiger partial charge in [-0.15, -0.1) is 10.2 Å². The lowest BCUT2D eigenvalue weighted by atomic mass is 9.97. The Bertz CT molecular complexity index is 902. The second-order valence-electron chi connectivity index (χ2n) is 6.76. The Morgan fingerprint density at radius 3 is 2.59 bits per heavy atom. The highest BCUT2D eigenvalue weighted by atomic mass is 32.1. The van der Waals surface area contributed by atoms with E-state index in [1.54, 1.807) is 47.4 Å². The van der Waals surface area contributed by atoms with E-state index in [-0.39, 0.29) is 5.91 Å². The highest BCUT2D eigenvalue weighted by molar-refractivity contribution is 7.18. The molecule has 1 aromatic heterocycles. The molecular weight excluding hydrogens is 365 g/mol. The van der Waals surface area contributed by atoms with Gasteiger partial charge in [0.2, 0.25) is 11.0 Å². The topological polar surface area (TPSA) is 63.2 Å². The number of aromatic nitrogens is 2. The molecule has 1 fully saturated rings. The van der Waals surface area contributed by atoms with Crippen LogP contribution in [0.3, 0.4) is 0 Å². The monoisotopic (exact) mass is 383 g/mol. The molecule has 0 N–H and O–H groups in total. The fraction of sp³-hybridized carbons (Fsp3) is 0.300. The van der Waals surface area contributed by atoms with Crippen LogP contribution in [-0.2, 0) is 4.79 Å². The number of allylic oxidation sites excluding steroid dienone is 3. The Kier molecular flexibility index (Phi) is 4.94. The first-order chi connectivity index (χ1) is 13.2. The number of rotatable bonds is 6. The van der Waals surface area contributed by atoms with Gasteiger partial charge in [-0.05, 0) is 24.8 Å². The van der Waals surface area contributed by atoms with Crippen molar-refractivity contribution in [1.82, 2.24) is 10.2 Å². The number of halogens is 1. The lowest BCUT2D eigenvalue weighted by molar-refractivity contribution is -0.122. The normalized spacial score (nSPS) is 21.2. The molecule has 1 aromatic carbocycles. The standard InChI is InChI=1S/C20H18FN3O2S/c21-17-4-2-1-3-16(17)19(26)24(11-13-5-6-13)20-23-22-18(27-20)15-9-7-14(12-25)8-10-15/h1-4,7-10,12-13,16-17H,5-6,11H2. The molecule has 5 nitrogen and oxygen atoms in total. The Labute approximate surface area is 160 Å². The number of hydrogen-bond donors (Lipinski definition) is 0. The molecule has 2 atom stereocenters. The van der Waals surface area contributed by atoms with Gasteiger partial charge in [0, 0.05) is 17.7 Å². The molecule has 1 heterocycles. The maximum Gasteiger partial charge on any atom is 0.239 e. The molecule has 0 aliphatic heterocycles. The summed E-state index contributed by atoms with van der Waals surface area (Å²) in [5.41, 5.74) is 1.41. The van der Waals surface area contributed by atoms with Gasteiger partial charge in [0.15, 0.2) is 0 Å². The van der Waals surface area contributed by atoms with Crippen molar-refractivity contribution in [2.75, 3.05) is 11.4 Å².